The number of nitrogens with two attached hydrogens (primary N) is 1. The van der Waals surface area contributed by atoms with Crippen LogP contribution in [0.15, 0.2) is 12.4 Å². The van der Waals surface area contributed by atoms with Crippen molar-refractivity contribution in [3.8, 4) is 0 Å². The van der Waals surface area contributed by atoms with E-state index in [0.29, 0.717) is 6.54 Å². The van der Waals surface area contributed by atoms with Crippen LogP contribution in [0, 0.1) is 0 Å². The standard InChI is InChI=1S/C9H17N5/c1-14(2)6-5-13-9-8(7-10)11-3-4-12-9/h3-4H,5-7,10H2,1-2H3,(H,12,13). The molecule has 0 radical (unpaired) electrons. The molecule has 0 amide bonds. The fraction of sp³-hybridized carbons (Fsp3) is 0.556. The second kappa shape index (κ2) is 5.51. The third-order valence-corrected chi connectivity index (χ3v) is 1.82. The fourth-order valence-corrected chi connectivity index (χ4v) is 1.06. The molecule has 0 fully saturated rings. The maximum absolute atomic E-state index is 5.53. The summed E-state index contributed by atoms with van der Waals surface area (Å²) in [5, 5.41) is 3.20. The number of rotatable bonds is 5. The number of hydrogen-bond donors (Lipinski definition) is 2. The summed E-state index contributed by atoms with van der Waals surface area (Å²) in [5.41, 5.74) is 6.34. The van der Waals surface area contributed by atoms with Gasteiger partial charge in [-0.25, -0.2) is 4.98 Å². The van der Waals surface area contributed by atoms with E-state index in [0.717, 1.165) is 24.6 Å². The fourth-order valence-electron chi connectivity index (χ4n) is 1.06. The molecule has 0 atom stereocenters. The van der Waals surface area contributed by atoms with Gasteiger partial charge in [0.15, 0.2) is 0 Å². The van der Waals surface area contributed by atoms with Gasteiger partial charge in [0.25, 0.3) is 0 Å². The van der Waals surface area contributed by atoms with E-state index < -0.39 is 0 Å². The minimum Gasteiger partial charge on any atom is -0.367 e. The second-order valence-electron chi connectivity index (χ2n) is 3.29. The van der Waals surface area contributed by atoms with Gasteiger partial charge < -0.3 is 16.0 Å². The Morgan fingerprint density at radius 3 is 2.71 bits per heavy atom. The quantitative estimate of drug-likeness (QED) is 0.687. The van der Waals surface area contributed by atoms with Gasteiger partial charge in [0.2, 0.25) is 0 Å². The van der Waals surface area contributed by atoms with Crippen LogP contribution in [-0.4, -0.2) is 42.1 Å². The third-order valence-electron chi connectivity index (χ3n) is 1.82. The number of anilines is 1. The van der Waals surface area contributed by atoms with Gasteiger partial charge in [0, 0.05) is 32.0 Å². The minimum atomic E-state index is 0.415. The van der Waals surface area contributed by atoms with Crippen molar-refractivity contribution in [2.45, 2.75) is 6.54 Å². The van der Waals surface area contributed by atoms with E-state index in [9.17, 15) is 0 Å². The van der Waals surface area contributed by atoms with Crippen LogP contribution in [0.1, 0.15) is 5.69 Å². The zero-order valence-corrected chi connectivity index (χ0v) is 8.70. The lowest BCUT2D eigenvalue weighted by Crippen LogP contribution is -2.22. The van der Waals surface area contributed by atoms with E-state index >= 15 is 0 Å². The van der Waals surface area contributed by atoms with Gasteiger partial charge in [-0.2, -0.15) is 0 Å². The average Bonchev–Trinajstić information content (AvgIpc) is 2.18. The van der Waals surface area contributed by atoms with Crippen LogP contribution < -0.4 is 11.1 Å². The molecule has 0 spiro atoms. The van der Waals surface area contributed by atoms with Crippen molar-refractivity contribution in [3.05, 3.63) is 18.1 Å². The molecule has 1 rings (SSSR count). The summed E-state index contributed by atoms with van der Waals surface area (Å²) < 4.78 is 0. The summed E-state index contributed by atoms with van der Waals surface area (Å²) in [6.45, 7) is 2.22. The monoisotopic (exact) mass is 195 g/mol. The van der Waals surface area contributed by atoms with Crippen LogP contribution >= 0.6 is 0 Å². The Balaban J connectivity index is 2.49. The molecule has 0 aliphatic carbocycles. The van der Waals surface area contributed by atoms with Crippen LogP contribution in [0.4, 0.5) is 5.82 Å². The summed E-state index contributed by atoms with van der Waals surface area (Å²) in [5.74, 6) is 0.789. The molecule has 0 saturated carbocycles. The molecule has 0 aromatic carbocycles. The summed E-state index contributed by atoms with van der Waals surface area (Å²) >= 11 is 0. The van der Waals surface area contributed by atoms with Gasteiger partial charge in [0.1, 0.15) is 5.82 Å². The molecule has 14 heavy (non-hydrogen) atoms. The SMILES string of the molecule is CN(C)CCNc1nccnc1CN. The summed E-state index contributed by atoms with van der Waals surface area (Å²) in [4.78, 5) is 10.4. The lowest BCUT2D eigenvalue weighted by molar-refractivity contribution is 0.425. The predicted octanol–water partition coefficient (Wildman–Crippen LogP) is -0.0912. The van der Waals surface area contributed by atoms with Crippen molar-refractivity contribution in [2.24, 2.45) is 5.73 Å². The van der Waals surface area contributed by atoms with E-state index in [4.69, 9.17) is 5.73 Å². The zero-order chi connectivity index (χ0) is 10.4. The first-order valence-corrected chi connectivity index (χ1v) is 4.62. The van der Waals surface area contributed by atoms with Gasteiger partial charge in [-0.05, 0) is 14.1 Å². The Morgan fingerprint density at radius 2 is 2.07 bits per heavy atom. The first-order chi connectivity index (χ1) is 6.74. The van der Waals surface area contributed by atoms with Crippen molar-refractivity contribution in [3.63, 3.8) is 0 Å². The minimum absolute atomic E-state index is 0.415. The lowest BCUT2D eigenvalue weighted by atomic mass is 10.4. The molecule has 0 bridgehead atoms. The van der Waals surface area contributed by atoms with Gasteiger partial charge >= 0.3 is 0 Å². The zero-order valence-electron chi connectivity index (χ0n) is 8.70. The molecule has 3 N–H and O–H groups in total. The highest BCUT2D eigenvalue weighted by molar-refractivity contribution is 5.38. The van der Waals surface area contributed by atoms with E-state index in [1.807, 2.05) is 14.1 Å². The smallest absolute Gasteiger partial charge is 0.149 e. The number of nitrogens with one attached hydrogen (secondary N) is 1. The molecule has 0 aliphatic heterocycles. The van der Waals surface area contributed by atoms with Gasteiger partial charge in [-0.3, -0.25) is 4.98 Å². The van der Waals surface area contributed by atoms with Crippen LogP contribution in [0.2, 0.25) is 0 Å². The number of nitrogens with zero attached hydrogens (tertiary/aromatic N) is 3. The topological polar surface area (TPSA) is 67.1 Å². The molecule has 5 heteroatoms. The normalized spacial score (nSPS) is 10.6. The average molecular weight is 195 g/mol. The van der Waals surface area contributed by atoms with Crippen LogP contribution in [-0.2, 0) is 6.54 Å². The lowest BCUT2D eigenvalue weighted by Gasteiger charge is -2.12. The highest BCUT2D eigenvalue weighted by Gasteiger charge is 2.01. The molecule has 5 nitrogen and oxygen atoms in total. The molecule has 0 aliphatic rings. The number of hydrogen-bond acceptors (Lipinski definition) is 5. The van der Waals surface area contributed by atoms with Gasteiger partial charge in [-0.15, -0.1) is 0 Å². The van der Waals surface area contributed by atoms with Crippen molar-refractivity contribution in [1.82, 2.24) is 14.9 Å². The summed E-state index contributed by atoms with van der Waals surface area (Å²) in [6, 6.07) is 0. The second-order valence-corrected chi connectivity index (χ2v) is 3.29. The maximum Gasteiger partial charge on any atom is 0.149 e. The first-order valence-electron chi connectivity index (χ1n) is 4.62. The highest BCUT2D eigenvalue weighted by Crippen LogP contribution is 2.05. The van der Waals surface area contributed by atoms with Crippen LogP contribution in [0.5, 0.6) is 0 Å². The van der Waals surface area contributed by atoms with E-state index in [-0.39, 0.29) is 0 Å². The van der Waals surface area contributed by atoms with Crippen LogP contribution in [0.25, 0.3) is 0 Å². The van der Waals surface area contributed by atoms with E-state index in [1.165, 1.54) is 0 Å². The molecule has 1 aromatic heterocycles. The largest absolute Gasteiger partial charge is 0.367 e. The summed E-state index contributed by atoms with van der Waals surface area (Å²) in [7, 11) is 4.06. The number of aromatic nitrogens is 2. The van der Waals surface area contributed by atoms with E-state index in [1.54, 1.807) is 12.4 Å². The first kappa shape index (κ1) is 10.9. The molecule has 0 saturated heterocycles. The molecule has 1 heterocycles. The number of likely N-dealkylation sites (N-methyl/N-ethyl adjacent to an activating group) is 1. The Hall–Kier alpha value is -1.20. The Labute approximate surface area is 84.3 Å². The molecule has 0 unspecified atom stereocenters. The Morgan fingerprint density at radius 1 is 1.36 bits per heavy atom. The molecular weight excluding hydrogens is 178 g/mol. The van der Waals surface area contributed by atoms with Crippen molar-refractivity contribution in [1.29, 1.82) is 0 Å². The summed E-state index contributed by atoms with van der Waals surface area (Å²) in [6.07, 6.45) is 3.32. The van der Waals surface area contributed by atoms with E-state index in [2.05, 4.69) is 20.2 Å². The maximum atomic E-state index is 5.53. The van der Waals surface area contributed by atoms with Crippen molar-refractivity contribution >= 4 is 5.82 Å². The highest BCUT2D eigenvalue weighted by atomic mass is 15.1. The van der Waals surface area contributed by atoms with Gasteiger partial charge in [-0.1, -0.05) is 0 Å². The van der Waals surface area contributed by atoms with Gasteiger partial charge in [0.05, 0.1) is 5.69 Å². The predicted molar refractivity (Wildman–Crippen MR) is 57.0 cm³/mol. The molecule has 1 aromatic rings. The molecular formula is C9H17N5. The van der Waals surface area contributed by atoms with Crippen LogP contribution in [0.3, 0.4) is 0 Å². The molecule has 78 valence electrons. The van der Waals surface area contributed by atoms with Crippen molar-refractivity contribution < 1.29 is 0 Å². The van der Waals surface area contributed by atoms with Crippen molar-refractivity contribution in [2.75, 3.05) is 32.5 Å². The third kappa shape index (κ3) is 3.27. The Kier molecular flexibility index (Phi) is 4.28. The Bertz CT molecular complexity index is 274.